The summed E-state index contributed by atoms with van der Waals surface area (Å²) in [5.41, 5.74) is 7.71. The number of aryl methyl sites for hydroxylation is 2. The maximum Gasteiger partial charge on any atom is 0.261 e. The predicted molar refractivity (Wildman–Crippen MR) is 80.4 cm³/mol. The smallest absolute Gasteiger partial charge is 0.261 e. The topological polar surface area (TPSA) is 85.1 Å². The summed E-state index contributed by atoms with van der Waals surface area (Å²) in [4.78, 5) is 4.09. The van der Waals surface area contributed by atoms with E-state index in [1.165, 1.54) is 18.3 Å². The number of nitrogens with zero attached hydrogens (tertiary/aromatic N) is 1. The first-order valence-electron chi connectivity index (χ1n) is 5.81. The number of nitrogens with one attached hydrogen (secondary N) is 1. The molecule has 2 aromatic rings. The molecule has 1 aromatic carbocycles. The lowest BCUT2D eigenvalue weighted by Gasteiger charge is -2.11. The van der Waals surface area contributed by atoms with Crippen molar-refractivity contribution in [3.63, 3.8) is 0 Å². The number of pyridine rings is 1. The van der Waals surface area contributed by atoms with Crippen LogP contribution in [0.1, 0.15) is 11.3 Å². The number of hydrogen-bond acceptors (Lipinski definition) is 4. The zero-order valence-corrected chi connectivity index (χ0v) is 12.6. The van der Waals surface area contributed by atoms with Crippen LogP contribution in [0.25, 0.3) is 0 Å². The molecule has 3 N–H and O–H groups in total. The van der Waals surface area contributed by atoms with E-state index < -0.39 is 10.0 Å². The summed E-state index contributed by atoms with van der Waals surface area (Å²) in [6, 6.07) is 6.04. The Morgan fingerprint density at radius 2 is 1.95 bits per heavy atom. The van der Waals surface area contributed by atoms with E-state index in [1.807, 2.05) is 0 Å². The molecule has 0 bridgehead atoms. The molecule has 1 heterocycles. The Balaban J connectivity index is 2.41. The average molecular weight is 312 g/mol. The van der Waals surface area contributed by atoms with Gasteiger partial charge in [-0.15, -0.1) is 0 Å². The number of halogens is 1. The fraction of sp³-hybridized carbons (Fsp3) is 0.154. The quantitative estimate of drug-likeness (QED) is 0.853. The molecule has 20 heavy (non-hydrogen) atoms. The fourth-order valence-electron chi connectivity index (χ4n) is 1.74. The first-order valence-corrected chi connectivity index (χ1v) is 7.67. The first kappa shape index (κ1) is 14.6. The molecular weight excluding hydrogens is 298 g/mol. The number of rotatable bonds is 3. The monoisotopic (exact) mass is 311 g/mol. The van der Waals surface area contributed by atoms with Gasteiger partial charge >= 0.3 is 0 Å². The molecule has 0 aliphatic rings. The molecule has 0 aliphatic carbocycles. The Morgan fingerprint density at radius 3 is 2.55 bits per heavy atom. The van der Waals surface area contributed by atoms with Crippen molar-refractivity contribution >= 4 is 33.0 Å². The number of nitrogens with two attached hydrogens (primary N) is 1. The minimum Gasteiger partial charge on any atom is -0.397 e. The van der Waals surface area contributed by atoms with Gasteiger partial charge in [0.1, 0.15) is 0 Å². The van der Waals surface area contributed by atoms with E-state index in [1.54, 1.807) is 26.0 Å². The third kappa shape index (κ3) is 3.02. The Labute approximate surface area is 122 Å². The zero-order chi connectivity index (χ0) is 14.9. The summed E-state index contributed by atoms with van der Waals surface area (Å²) in [5, 5.41) is 0.365. The number of hydrogen-bond donors (Lipinski definition) is 2. The number of nitrogen functional groups attached to an aromatic ring is 1. The molecular formula is C13H14ClN3O2S. The van der Waals surface area contributed by atoms with Gasteiger partial charge in [0, 0.05) is 11.9 Å². The van der Waals surface area contributed by atoms with Gasteiger partial charge in [-0.1, -0.05) is 11.6 Å². The SMILES string of the molecule is Cc1cc(NS(=O)(=O)c2cc(C)c(Cl)c(N)c2)ccn1. The highest BCUT2D eigenvalue weighted by Gasteiger charge is 2.17. The van der Waals surface area contributed by atoms with Crippen LogP contribution in [-0.2, 0) is 10.0 Å². The lowest BCUT2D eigenvalue weighted by atomic mass is 10.2. The Kier molecular flexibility index (Phi) is 3.87. The van der Waals surface area contributed by atoms with Crippen molar-refractivity contribution in [1.82, 2.24) is 4.98 Å². The molecule has 106 valence electrons. The standard InChI is InChI=1S/C13H14ClN3O2S/c1-8-5-11(7-12(15)13(8)14)20(18,19)17-10-3-4-16-9(2)6-10/h3-7H,15H2,1-2H3,(H,16,17). The van der Waals surface area contributed by atoms with E-state index in [9.17, 15) is 8.42 Å². The number of sulfonamides is 1. The van der Waals surface area contributed by atoms with Crippen LogP contribution in [-0.4, -0.2) is 13.4 Å². The van der Waals surface area contributed by atoms with E-state index in [-0.39, 0.29) is 10.6 Å². The molecule has 1 aromatic heterocycles. The van der Waals surface area contributed by atoms with Crippen LogP contribution in [0.15, 0.2) is 35.4 Å². The minimum absolute atomic E-state index is 0.0753. The second-order valence-corrected chi connectivity index (χ2v) is 6.50. The molecule has 0 saturated carbocycles. The van der Waals surface area contributed by atoms with Gasteiger partial charge in [0.05, 0.1) is 21.3 Å². The van der Waals surface area contributed by atoms with E-state index >= 15 is 0 Å². The van der Waals surface area contributed by atoms with Crippen LogP contribution in [0.2, 0.25) is 5.02 Å². The van der Waals surface area contributed by atoms with Gasteiger partial charge in [-0.3, -0.25) is 9.71 Å². The molecule has 5 nitrogen and oxygen atoms in total. The van der Waals surface area contributed by atoms with Gasteiger partial charge in [-0.25, -0.2) is 8.42 Å². The summed E-state index contributed by atoms with van der Waals surface area (Å²) < 4.78 is 27.1. The van der Waals surface area contributed by atoms with Crippen molar-refractivity contribution in [3.05, 3.63) is 46.7 Å². The van der Waals surface area contributed by atoms with Crippen LogP contribution in [0.4, 0.5) is 11.4 Å². The predicted octanol–water partition coefficient (Wildman–Crippen LogP) is 2.73. The second kappa shape index (κ2) is 5.30. The molecule has 0 fully saturated rings. The maximum absolute atomic E-state index is 12.3. The first-order chi connectivity index (χ1) is 9.29. The van der Waals surface area contributed by atoms with Crippen molar-refractivity contribution < 1.29 is 8.42 Å². The van der Waals surface area contributed by atoms with E-state index in [2.05, 4.69) is 9.71 Å². The van der Waals surface area contributed by atoms with E-state index in [4.69, 9.17) is 17.3 Å². The Bertz CT molecular complexity index is 737. The van der Waals surface area contributed by atoms with Crippen molar-refractivity contribution in [1.29, 1.82) is 0 Å². The van der Waals surface area contributed by atoms with Crippen LogP contribution in [0, 0.1) is 13.8 Å². The van der Waals surface area contributed by atoms with Crippen LogP contribution in [0.5, 0.6) is 0 Å². The van der Waals surface area contributed by atoms with E-state index in [0.717, 1.165) is 5.69 Å². The van der Waals surface area contributed by atoms with E-state index in [0.29, 0.717) is 16.3 Å². The van der Waals surface area contributed by atoms with Crippen LogP contribution < -0.4 is 10.5 Å². The number of anilines is 2. The molecule has 0 unspecified atom stereocenters. The molecule has 0 amide bonds. The van der Waals surface area contributed by atoms with Gasteiger partial charge < -0.3 is 5.73 Å². The van der Waals surface area contributed by atoms with Gasteiger partial charge in [-0.05, 0) is 43.7 Å². The third-order valence-electron chi connectivity index (χ3n) is 2.72. The highest BCUT2D eigenvalue weighted by molar-refractivity contribution is 7.92. The van der Waals surface area contributed by atoms with Gasteiger partial charge in [-0.2, -0.15) is 0 Å². The lowest BCUT2D eigenvalue weighted by molar-refractivity contribution is 0.601. The molecule has 0 atom stereocenters. The van der Waals surface area contributed by atoms with Gasteiger partial charge in [0.15, 0.2) is 0 Å². The molecule has 2 rings (SSSR count). The number of benzene rings is 1. The molecule has 0 radical (unpaired) electrons. The highest BCUT2D eigenvalue weighted by Crippen LogP contribution is 2.27. The number of aromatic nitrogens is 1. The Morgan fingerprint density at radius 1 is 1.25 bits per heavy atom. The second-order valence-electron chi connectivity index (χ2n) is 4.43. The van der Waals surface area contributed by atoms with Gasteiger partial charge in [0.2, 0.25) is 0 Å². The molecule has 0 aliphatic heterocycles. The molecule has 0 saturated heterocycles. The summed E-state index contributed by atoms with van der Waals surface area (Å²) in [6.07, 6.45) is 1.54. The Hall–Kier alpha value is -1.79. The largest absolute Gasteiger partial charge is 0.397 e. The molecule has 7 heteroatoms. The normalized spacial score (nSPS) is 11.3. The highest BCUT2D eigenvalue weighted by atomic mass is 35.5. The average Bonchev–Trinajstić information content (AvgIpc) is 2.34. The summed E-state index contributed by atoms with van der Waals surface area (Å²) >= 11 is 5.93. The molecule has 0 spiro atoms. The summed E-state index contributed by atoms with van der Waals surface area (Å²) in [6.45, 7) is 3.48. The maximum atomic E-state index is 12.3. The van der Waals surface area contributed by atoms with Crippen molar-refractivity contribution in [2.75, 3.05) is 10.5 Å². The van der Waals surface area contributed by atoms with Crippen molar-refractivity contribution in [2.45, 2.75) is 18.7 Å². The van der Waals surface area contributed by atoms with Crippen LogP contribution >= 0.6 is 11.6 Å². The fourth-order valence-corrected chi connectivity index (χ4v) is 3.02. The zero-order valence-electron chi connectivity index (χ0n) is 11.0. The third-order valence-corrected chi connectivity index (χ3v) is 4.59. The van der Waals surface area contributed by atoms with Gasteiger partial charge in [0.25, 0.3) is 10.0 Å². The summed E-state index contributed by atoms with van der Waals surface area (Å²) in [5.74, 6) is 0. The van der Waals surface area contributed by atoms with Crippen molar-refractivity contribution in [2.24, 2.45) is 0 Å². The lowest BCUT2D eigenvalue weighted by Crippen LogP contribution is -2.14. The van der Waals surface area contributed by atoms with Crippen molar-refractivity contribution in [3.8, 4) is 0 Å². The minimum atomic E-state index is -3.71. The van der Waals surface area contributed by atoms with Crippen LogP contribution in [0.3, 0.4) is 0 Å². The summed E-state index contributed by atoms with van der Waals surface area (Å²) in [7, 11) is -3.71.